The summed E-state index contributed by atoms with van der Waals surface area (Å²) >= 11 is 0. The number of benzene rings is 2. The van der Waals surface area contributed by atoms with Crippen molar-refractivity contribution in [2.45, 2.75) is 12.2 Å². The van der Waals surface area contributed by atoms with Gasteiger partial charge in [-0.3, -0.25) is 0 Å². The summed E-state index contributed by atoms with van der Waals surface area (Å²) in [6.45, 7) is 0. The number of aromatic carboxylic acids is 1. The van der Waals surface area contributed by atoms with Gasteiger partial charge in [-0.25, -0.2) is 13.2 Å². The molecule has 0 unspecified atom stereocenters. The Labute approximate surface area is 124 Å². The molecule has 21 heavy (non-hydrogen) atoms. The summed E-state index contributed by atoms with van der Waals surface area (Å²) in [6.07, 6.45) is 0.483. The normalized spacial score (nSPS) is 11.2. The van der Waals surface area contributed by atoms with E-state index in [2.05, 4.69) is 0 Å². The molecule has 2 rings (SSSR count). The van der Waals surface area contributed by atoms with Crippen molar-refractivity contribution in [1.82, 2.24) is 0 Å². The smallest absolute Gasteiger partial charge is 0.335 e. The van der Waals surface area contributed by atoms with Gasteiger partial charge in [-0.15, -0.1) is 0 Å². The quantitative estimate of drug-likeness (QED) is 0.890. The molecule has 0 heterocycles. The third-order valence-corrected chi connectivity index (χ3v) is 4.73. The topological polar surface area (TPSA) is 71.4 Å². The van der Waals surface area contributed by atoms with Gasteiger partial charge in [0.05, 0.1) is 17.1 Å². The number of carboxylic acid groups (broad SMARTS) is 1. The number of rotatable bonds is 6. The van der Waals surface area contributed by atoms with E-state index in [1.807, 2.05) is 30.3 Å². The third-order valence-electron chi connectivity index (χ3n) is 3.13. The lowest BCUT2D eigenvalue weighted by molar-refractivity contribution is 0.0697. The van der Waals surface area contributed by atoms with E-state index in [4.69, 9.17) is 5.11 Å². The molecule has 4 nitrogen and oxygen atoms in total. The van der Waals surface area contributed by atoms with E-state index in [1.54, 1.807) is 12.1 Å². The van der Waals surface area contributed by atoms with Crippen LogP contribution in [0.5, 0.6) is 0 Å². The minimum atomic E-state index is -3.21. The van der Waals surface area contributed by atoms with Gasteiger partial charge in [0.2, 0.25) is 0 Å². The van der Waals surface area contributed by atoms with E-state index < -0.39 is 15.8 Å². The Balaban J connectivity index is 1.99. The SMILES string of the molecule is O=C(O)c1ccc(CS(=O)(=O)CCc2ccccc2)cc1. The molecular weight excluding hydrogens is 288 g/mol. The van der Waals surface area contributed by atoms with Crippen LogP contribution in [0, 0.1) is 0 Å². The van der Waals surface area contributed by atoms with Gasteiger partial charge >= 0.3 is 5.97 Å². The summed E-state index contributed by atoms with van der Waals surface area (Å²) < 4.78 is 24.2. The second-order valence-electron chi connectivity index (χ2n) is 4.83. The van der Waals surface area contributed by atoms with Crippen LogP contribution < -0.4 is 0 Å². The largest absolute Gasteiger partial charge is 0.478 e. The van der Waals surface area contributed by atoms with Gasteiger partial charge in [0.25, 0.3) is 0 Å². The van der Waals surface area contributed by atoms with Crippen LogP contribution in [0.3, 0.4) is 0 Å². The van der Waals surface area contributed by atoms with E-state index in [1.165, 1.54) is 12.1 Å². The Morgan fingerprint density at radius 1 is 0.905 bits per heavy atom. The number of carbonyl (C=O) groups is 1. The number of hydrogen-bond acceptors (Lipinski definition) is 3. The molecule has 0 saturated heterocycles. The molecule has 0 aliphatic rings. The monoisotopic (exact) mass is 304 g/mol. The van der Waals surface area contributed by atoms with Crippen LogP contribution in [0.15, 0.2) is 54.6 Å². The first-order valence-corrected chi connectivity index (χ1v) is 8.35. The van der Waals surface area contributed by atoms with Gasteiger partial charge in [-0.2, -0.15) is 0 Å². The van der Waals surface area contributed by atoms with E-state index in [-0.39, 0.29) is 17.1 Å². The van der Waals surface area contributed by atoms with Crippen LogP contribution in [-0.2, 0) is 22.0 Å². The zero-order chi connectivity index (χ0) is 15.3. The number of sulfone groups is 1. The Kier molecular flexibility index (Phi) is 4.75. The molecular formula is C16H16O4S. The minimum Gasteiger partial charge on any atom is -0.478 e. The highest BCUT2D eigenvalue weighted by molar-refractivity contribution is 7.90. The molecule has 0 aliphatic carbocycles. The van der Waals surface area contributed by atoms with Crippen molar-refractivity contribution in [3.63, 3.8) is 0 Å². The van der Waals surface area contributed by atoms with Crippen LogP contribution in [0.2, 0.25) is 0 Å². The van der Waals surface area contributed by atoms with Crippen molar-refractivity contribution < 1.29 is 18.3 Å². The maximum absolute atomic E-state index is 12.1. The van der Waals surface area contributed by atoms with E-state index in [9.17, 15) is 13.2 Å². The third kappa shape index (κ3) is 4.72. The molecule has 2 aromatic rings. The summed E-state index contributed by atoms with van der Waals surface area (Å²) in [7, 11) is -3.21. The lowest BCUT2D eigenvalue weighted by Crippen LogP contribution is -2.11. The highest BCUT2D eigenvalue weighted by atomic mass is 32.2. The van der Waals surface area contributed by atoms with Gasteiger partial charge in [0, 0.05) is 0 Å². The molecule has 0 aromatic heterocycles. The fourth-order valence-corrected chi connectivity index (χ4v) is 3.38. The van der Waals surface area contributed by atoms with E-state index >= 15 is 0 Å². The fourth-order valence-electron chi connectivity index (χ4n) is 1.99. The highest BCUT2D eigenvalue weighted by Crippen LogP contribution is 2.11. The predicted molar refractivity (Wildman–Crippen MR) is 81.0 cm³/mol. The summed E-state index contributed by atoms with van der Waals surface area (Å²) in [5.74, 6) is -1.01. The van der Waals surface area contributed by atoms with E-state index in [0.29, 0.717) is 12.0 Å². The summed E-state index contributed by atoms with van der Waals surface area (Å²) in [5.41, 5.74) is 1.75. The first-order chi connectivity index (χ1) is 9.96. The van der Waals surface area contributed by atoms with Crippen molar-refractivity contribution in [1.29, 1.82) is 0 Å². The minimum absolute atomic E-state index is 0.0697. The number of carboxylic acids is 1. The van der Waals surface area contributed by atoms with E-state index in [0.717, 1.165) is 5.56 Å². The molecule has 2 aromatic carbocycles. The molecule has 0 amide bonds. The second-order valence-corrected chi connectivity index (χ2v) is 7.01. The zero-order valence-corrected chi connectivity index (χ0v) is 12.2. The van der Waals surface area contributed by atoms with Gasteiger partial charge in [-0.05, 0) is 29.7 Å². The Hall–Kier alpha value is -2.14. The standard InChI is InChI=1S/C16H16O4S/c17-16(18)15-8-6-14(7-9-15)12-21(19,20)11-10-13-4-2-1-3-5-13/h1-9H,10-12H2,(H,17,18). The van der Waals surface area contributed by atoms with Crippen LogP contribution >= 0.6 is 0 Å². The molecule has 0 radical (unpaired) electrons. The lowest BCUT2D eigenvalue weighted by Gasteiger charge is -2.05. The summed E-state index contributed by atoms with van der Waals surface area (Å²) in [5, 5.41) is 8.80. The average Bonchev–Trinajstić information content (AvgIpc) is 2.46. The van der Waals surface area contributed by atoms with Crippen molar-refractivity contribution in [2.75, 3.05) is 5.75 Å². The molecule has 0 aliphatic heterocycles. The second kappa shape index (κ2) is 6.54. The molecule has 5 heteroatoms. The Bertz CT molecular complexity index is 704. The van der Waals surface area contributed by atoms with Crippen LogP contribution in [0.4, 0.5) is 0 Å². The van der Waals surface area contributed by atoms with Gasteiger partial charge in [0.1, 0.15) is 0 Å². The lowest BCUT2D eigenvalue weighted by atomic mass is 10.1. The van der Waals surface area contributed by atoms with Gasteiger partial charge in [0.15, 0.2) is 9.84 Å². The summed E-state index contributed by atoms with van der Waals surface area (Å²) in [4.78, 5) is 10.7. The molecule has 0 atom stereocenters. The number of hydrogen-bond donors (Lipinski definition) is 1. The predicted octanol–water partition coefficient (Wildman–Crippen LogP) is 2.54. The van der Waals surface area contributed by atoms with Crippen molar-refractivity contribution in [2.24, 2.45) is 0 Å². The van der Waals surface area contributed by atoms with Gasteiger partial charge in [-0.1, -0.05) is 42.5 Å². The summed E-state index contributed by atoms with van der Waals surface area (Å²) in [6, 6.07) is 15.4. The Morgan fingerprint density at radius 3 is 2.10 bits per heavy atom. The molecule has 0 fully saturated rings. The van der Waals surface area contributed by atoms with Crippen molar-refractivity contribution in [3.8, 4) is 0 Å². The first-order valence-electron chi connectivity index (χ1n) is 6.53. The molecule has 110 valence electrons. The molecule has 1 N–H and O–H groups in total. The van der Waals surface area contributed by atoms with Crippen LogP contribution in [-0.4, -0.2) is 25.2 Å². The maximum Gasteiger partial charge on any atom is 0.335 e. The fraction of sp³-hybridized carbons (Fsp3) is 0.188. The zero-order valence-electron chi connectivity index (χ0n) is 11.4. The highest BCUT2D eigenvalue weighted by Gasteiger charge is 2.13. The maximum atomic E-state index is 12.1. The first kappa shape index (κ1) is 15.3. The van der Waals surface area contributed by atoms with Crippen molar-refractivity contribution in [3.05, 3.63) is 71.3 Å². The Morgan fingerprint density at radius 2 is 1.52 bits per heavy atom. The van der Waals surface area contributed by atoms with Crippen LogP contribution in [0.25, 0.3) is 0 Å². The van der Waals surface area contributed by atoms with Gasteiger partial charge < -0.3 is 5.11 Å². The van der Waals surface area contributed by atoms with Crippen LogP contribution in [0.1, 0.15) is 21.5 Å². The molecule has 0 saturated carbocycles. The van der Waals surface area contributed by atoms with Crippen molar-refractivity contribution >= 4 is 15.8 Å². The molecule has 0 spiro atoms. The number of aryl methyl sites for hydroxylation is 1. The average molecular weight is 304 g/mol. The molecule has 0 bridgehead atoms.